The number of H-pyrrole nitrogens is 1. The van der Waals surface area contributed by atoms with Crippen LogP contribution < -0.4 is 4.74 Å². The van der Waals surface area contributed by atoms with Crippen molar-refractivity contribution in [3.63, 3.8) is 0 Å². The van der Waals surface area contributed by atoms with E-state index in [4.69, 9.17) is 4.74 Å². The minimum Gasteiger partial charge on any atom is -0.496 e. The SMILES string of the molecule is COc1ccccc1[C@@H]1CCCN1C(=O)CCCc1cn[nH]c1. The molecule has 1 N–H and O–H groups in total. The molecule has 1 atom stereocenters. The first-order valence-corrected chi connectivity index (χ1v) is 8.19. The molecule has 0 spiro atoms. The summed E-state index contributed by atoms with van der Waals surface area (Å²) in [5.41, 5.74) is 2.27. The number of ether oxygens (including phenoxy) is 1. The summed E-state index contributed by atoms with van der Waals surface area (Å²) in [5.74, 6) is 1.11. The van der Waals surface area contributed by atoms with Gasteiger partial charge in [0.25, 0.3) is 0 Å². The van der Waals surface area contributed by atoms with E-state index in [1.165, 1.54) is 0 Å². The molecule has 0 aliphatic carbocycles. The minimum atomic E-state index is 0.146. The van der Waals surface area contributed by atoms with E-state index in [1.54, 1.807) is 7.11 Å². The molecule has 1 aromatic carbocycles. The van der Waals surface area contributed by atoms with E-state index in [-0.39, 0.29) is 11.9 Å². The minimum absolute atomic E-state index is 0.146. The van der Waals surface area contributed by atoms with E-state index >= 15 is 0 Å². The molecule has 122 valence electrons. The van der Waals surface area contributed by atoms with Gasteiger partial charge in [-0.05, 0) is 37.3 Å². The van der Waals surface area contributed by atoms with Crippen LogP contribution in [0.2, 0.25) is 0 Å². The maximum absolute atomic E-state index is 12.6. The van der Waals surface area contributed by atoms with Gasteiger partial charge in [0, 0.05) is 24.7 Å². The van der Waals surface area contributed by atoms with Crippen LogP contribution in [0.4, 0.5) is 0 Å². The predicted molar refractivity (Wildman–Crippen MR) is 88.2 cm³/mol. The van der Waals surface area contributed by atoms with Crippen molar-refractivity contribution < 1.29 is 9.53 Å². The van der Waals surface area contributed by atoms with Crippen LogP contribution in [-0.2, 0) is 11.2 Å². The summed E-state index contributed by atoms with van der Waals surface area (Å²) in [6.45, 7) is 0.841. The van der Waals surface area contributed by atoms with Crippen LogP contribution >= 0.6 is 0 Å². The summed E-state index contributed by atoms with van der Waals surface area (Å²) in [6, 6.07) is 8.16. The van der Waals surface area contributed by atoms with Crippen molar-refractivity contribution in [3.8, 4) is 5.75 Å². The molecule has 0 bridgehead atoms. The molecule has 0 saturated carbocycles. The lowest BCUT2D eigenvalue weighted by Gasteiger charge is -2.26. The molecule has 2 aromatic rings. The second-order valence-corrected chi connectivity index (χ2v) is 5.95. The quantitative estimate of drug-likeness (QED) is 0.891. The van der Waals surface area contributed by atoms with E-state index < -0.39 is 0 Å². The lowest BCUT2D eigenvalue weighted by atomic mass is 10.0. The fourth-order valence-corrected chi connectivity index (χ4v) is 3.33. The number of benzene rings is 1. The molecular weight excluding hydrogens is 290 g/mol. The Morgan fingerprint density at radius 3 is 3.09 bits per heavy atom. The summed E-state index contributed by atoms with van der Waals surface area (Å²) in [6.07, 6.45) is 8.08. The van der Waals surface area contributed by atoms with Gasteiger partial charge in [0.1, 0.15) is 5.75 Å². The van der Waals surface area contributed by atoms with Crippen molar-refractivity contribution in [3.05, 3.63) is 47.8 Å². The third-order valence-electron chi connectivity index (χ3n) is 4.48. The summed E-state index contributed by atoms with van der Waals surface area (Å²) in [7, 11) is 1.69. The molecular formula is C18H23N3O2. The number of likely N-dealkylation sites (tertiary alicyclic amines) is 1. The van der Waals surface area contributed by atoms with Gasteiger partial charge in [-0.15, -0.1) is 0 Å². The Balaban J connectivity index is 1.62. The number of carbonyl (C=O) groups is 1. The lowest BCUT2D eigenvalue weighted by molar-refractivity contribution is -0.132. The third-order valence-corrected chi connectivity index (χ3v) is 4.48. The van der Waals surface area contributed by atoms with Crippen LogP contribution in [0.5, 0.6) is 5.75 Å². The molecule has 1 saturated heterocycles. The standard InChI is InChI=1S/C18H23N3O2/c1-23-17-9-3-2-7-15(17)16-8-5-11-21(16)18(22)10-4-6-14-12-19-20-13-14/h2-3,7,9,12-13,16H,4-6,8,10-11H2,1H3,(H,19,20)/t16-/m0/s1. The molecule has 1 aliphatic heterocycles. The third kappa shape index (κ3) is 3.55. The number of para-hydroxylation sites is 1. The van der Waals surface area contributed by atoms with Crippen molar-refractivity contribution in [2.24, 2.45) is 0 Å². The topological polar surface area (TPSA) is 58.2 Å². The molecule has 3 rings (SSSR count). The van der Waals surface area contributed by atoms with Crippen LogP contribution in [0.3, 0.4) is 0 Å². The van der Waals surface area contributed by atoms with Gasteiger partial charge in [0.05, 0.1) is 19.3 Å². The van der Waals surface area contributed by atoms with Gasteiger partial charge in [-0.2, -0.15) is 5.10 Å². The number of rotatable bonds is 6. The fraction of sp³-hybridized carbons (Fsp3) is 0.444. The number of hydrogen-bond acceptors (Lipinski definition) is 3. The molecule has 5 nitrogen and oxygen atoms in total. The van der Waals surface area contributed by atoms with Crippen LogP contribution in [-0.4, -0.2) is 34.7 Å². The number of aromatic nitrogens is 2. The van der Waals surface area contributed by atoms with Gasteiger partial charge in [-0.1, -0.05) is 18.2 Å². The average molecular weight is 313 g/mol. The number of carbonyl (C=O) groups excluding carboxylic acids is 1. The van der Waals surface area contributed by atoms with Gasteiger partial charge in [0.15, 0.2) is 0 Å². The Morgan fingerprint density at radius 2 is 2.30 bits per heavy atom. The molecule has 23 heavy (non-hydrogen) atoms. The highest BCUT2D eigenvalue weighted by Crippen LogP contribution is 2.37. The number of aromatic amines is 1. The molecule has 0 radical (unpaired) electrons. The van der Waals surface area contributed by atoms with Crippen molar-refractivity contribution in [1.82, 2.24) is 15.1 Å². The molecule has 1 amide bonds. The zero-order valence-corrected chi connectivity index (χ0v) is 13.5. The van der Waals surface area contributed by atoms with Gasteiger partial charge >= 0.3 is 0 Å². The Morgan fingerprint density at radius 1 is 1.43 bits per heavy atom. The highest BCUT2D eigenvalue weighted by Gasteiger charge is 2.31. The fourth-order valence-electron chi connectivity index (χ4n) is 3.33. The van der Waals surface area contributed by atoms with E-state index in [0.717, 1.165) is 49.1 Å². The van der Waals surface area contributed by atoms with Crippen LogP contribution in [0, 0.1) is 0 Å². The first-order valence-electron chi connectivity index (χ1n) is 8.19. The van der Waals surface area contributed by atoms with Gasteiger partial charge < -0.3 is 9.64 Å². The van der Waals surface area contributed by atoms with E-state index in [2.05, 4.69) is 16.3 Å². The first-order chi connectivity index (χ1) is 11.3. The van der Waals surface area contributed by atoms with Crippen LogP contribution in [0.15, 0.2) is 36.7 Å². The molecule has 0 unspecified atom stereocenters. The average Bonchev–Trinajstić information content (AvgIpc) is 3.26. The largest absolute Gasteiger partial charge is 0.496 e. The summed E-state index contributed by atoms with van der Waals surface area (Å²) in [5, 5.41) is 6.74. The normalized spacial score (nSPS) is 17.4. The second kappa shape index (κ2) is 7.31. The predicted octanol–water partition coefficient (Wildman–Crippen LogP) is 3.10. The molecule has 1 aliphatic rings. The Bertz CT molecular complexity index is 639. The number of amides is 1. The monoisotopic (exact) mass is 313 g/mol. The number of hydrogen-bond donors (Lipinski definition) is 1. The molecule has 2 heterocycles. The number of methoxy groups -OCH3 is 1. The Kier molecular flexibility index (Phi) is 4.95. The van der Waals surface area contributed by atoms with Crippen molar-refractivity contribution in [2.75, 3.05) is 13.7 Å². The second-order valence-electron chi connectivity index (χ2n) is 5.95. The van der Waals surface area contributed by atoms with Crippen molar-refractivity contribution in [2.45, 2.75) is 38.1 Å². The Labute approximate surface area is 136 Å². The van der Waals surface area contributed by atoms with Gasteiger partial charge in [-0.25, -0.2) is 0 Å². The number of aryl methyl sites for hydroxylation is 1. The number of nitrogens with zero attached hydrogens (tertiary/aromatic N) is 2. The highest BCUT2D eigenvalue weighted by molar-refractivity contribution is 5.77. The highest BCUT2D eigenvalue weighted by atomic mass is 16.5. The first kappa shape index (κ1) is 15.6. The molecule has 1 aromatic heterocycles. The smallest absolute Gasteiger partial charge is 0.223 e. The van der Waals surface area contributed by atoms with Crippen molar-refractivity contribution >= 4 is 5.91 Å². The summed E-state index contributed by atoms with van der Waals surface area (Å²) in [4.78, 5) is 14.6. The summed E-state index contributed by atoms with van der Waals surface area (Å²) >= 11 is 0. The Hall–Kier alpha value is -2.30. The van der Waals surface area contributed by atoms with Gasteiger partial charge in [0.2, 0.25) is 5.91 Å². The van der Waals surface area contributed by atoms with E-state index in [1.807, 2.05) is 35.5 Å². The number of nitrogens with one attached hydrogen (secondary N) is 1. The molecule has 1 fully saturated rings. The maximum atomic E-state index is 12.6. The summed E-state index contributed by atoms with van der Waals surface area (Å²) < 4.78 is 5.47. The van der Waals surface area contributed by atoms with Crippen LogP contribution in [0.25, 0.3) is 0 Å². The van der Waals surface area contributed by atoms with Crippen molar-refractivity contribution in [1.29, 1.82) is 0 Å². The van der Waals surface area contributed by atoms with E-state index in [0.29, 0.717) is 6.42 Å². The van der Waals surface area contributed by atoms with Crippen LogP contribution in [0.1, 0.15) is 42.9 Å². The lowest BCUT2D eigenvalue weighted by Crippen LogP contribution is -2.30. The maximum Gasteiger partial charge on any atom is 0.223 e. The zero-order valence-electron chi connectivity index (χ0n) is 13.5. The molecule has 5 heteroatoms. The van der Waals surface area contributed by atoms with E-state index in [9.17, 15) is 4.79 Å². The zero-order chi connectivity index (χ0) is 16.1. The van der Waals surface area contributed by atoms with Gasteiger partial charge in [-0.3, -0.25) is 9.89 Å².